The second-order valence-electron chi connectivity index (χ2n) is 4.93. The summed E-state index contributed by atoms with van der Waals surface area (Å²) >= 11 is 0. The Balaban J connectivity index is 1.55. The summed E-state index contributed by atoms with van der Waals surface area (Å²) in [5.74, 6) is 0.158. The van der Waals surface area contributed by atoms with Gasteiger partial charge >= 0.3 is 0 Å². The first kappa shape index (κ1) is 12.8. The van der Waals surface area contributed by atoms with Gasteiger partial charge in [0.15, 0.2) is 0 Å². The maximum absolute atomic E-state index is 12.2. The second-order valence-corrected chi connectivity index (χ2v) is 4.93. The quantitative estimate of drug-likeness (QED) is 0.791. The van der Waals surface area contributed by atoms with E-state index in [1.807, 2.05) is 9.58 Å². The van der Waals surface area contributed by atoms with Gasteiger partial charge < -0.3 is 4.90 Å². The molecule has 1 aliphatic rings. The third-order valence-corrected chi connectivity index (χ3v) is 3.59. The van der Waals surface area contributed by atoms with Crippen molar-refractivity contribution in [3.8, 4) is 0 Å². The summed E-state index contributed by atoms with van der Waals surface area (Å²) in [4.78, 5) is 18.1. The van der Waals surface area contributed by atoms with E-state index in [-0.39, 0.29) is 11.9 Å². The van der Waals surface area contributed by atoms with Crippen LogP contribution in [0, 0.1) is 0 Å². The Morgan fingerprint density at radius 2 is 2.35 bits per heavy atom. The fraction of sp³-hybridized carbons (Fsp3) is 0.583. The Morgan fingerprint density at radius 1 is 1.40 bits per heavy atom. The molecule has 1 amide bonds. The third kappa shape index (κ3) is 2.84. The van der Waals surface area contributed by atoms with Crippen LogP contribution in [-0.4, -0.2) is 53.7 Å². The summed E-state index contributed by atoms with van der Waals surface area (Å²) in [5.41, 5.74) is 0. The largest absolute Gasteiger partial charge is 0.340 e. The lowest BCUT2D eigenvalue weighted by Gasteiger charge is -2.32. The van der Waals surface area contributed by atoms with Gasteiger partial charge in [0.2, 0.25) is 5.91 Å². The summed E-state index contributed by atoms with van der Waals surface area (Å²) in [5, 5.41) is 11.8. The highest BCUT2D eigenvalue weighted by Crippen LogP contribution is 2.20. The van der Waals surface area contributed by atoms with E-state index in [9.17, 15) is 4.79 Å². The maximum Gasteiger partial charge on any atom is 0.224 e. The van der Waals surface area contributed by atoms with Gasteiger partial charge in [-0.05, 0) is 12.8 Å². The molecule has 20 heavy (non-hydrogen) atoms. The van der Waals surface area contributed by atoms with Gasteiger partial charge in [0.25, 0.3) is 0 Å². The highest BCUT2D eigenvalue weighted by molar-refractivity contribution is 5.76. The van der Waals surface area contributed by atoms with Crippen LogP contribution in [-0.2, 0) is 11.3 Å². The van der Waals surface area contributed by atoms with Gasteiger partial charge in [-0.2, -0.15) is 5.10 Å². The number of rotatable bonds is 4. The van der Waals surface area contributed by atoms with Crippen LogP contribution in [0.5, 0.6) is 0 Å². The van der Waals surface area contributed by atoms with Gasteiger partial charge in [0.1, 0.15) is 12.7 Å². The number of nitrogens with zero attached hydrogens (tertiary/aromatic N) is 7. The maximum atomic E-state index is 12.2. The van der Waals surface area contributed by atoms with Crippen molar-refractivity contribution >= 4 is 5.91 Å². The zero-order valence-corrected chi connectivity index (χ0v) is 11.2. The van der Waals surface area contributed by atoms with Gasteiger partial charge in [0, 0.05) is 25.7 Å². The molecule has 1 saturated heterocycles. The lowest BCUT2D eigenvalue weighted by Crippen LogP contribution is -2.41. The van der Waals surface area contributed by atoms with E-state index in [4.69, 9.17) is 0 Å². The van der Waals surface area contributed by atoms with E-state index in [0.29, 0.717) is 19.5 Å². The van der Waals surface area contributed by atoms with E-state index in [0.717, 1.165) is 19.4 Å². The zero-order valence-electron chi connectivity index (χ0n) is 11.2. The highest BCUT2D eigenvalue weighted by Gasteiger charge is 2.24. The molecule has 3 rings (SSSR count). The number of piperidine rings is 1. The van der Waals surface area contributed by atoms with E-state index in [2.05, 4.69) is 20.4 Å². The number of carbonyl (C=O) groups excluding carboxylic acids is 1. The topological polar surface area (TPSA) is 81.7 Å². The fourth-order valence-corrected chi connectivity index (χ4v) is 2.52. The number of carbonyl (C=O) groups is 1. The molecule has 0 bridgehead atoms. The normalized spacial score (nSPS) is 19.2. The number of aromatic nitrogens is 6. The standard InChI is InChI=1S/C12H17N7O/c20-12(3-6-18-7-4-14-16-18)17-5-1-2-11(8-17)19-10-13-9-15-19/h4,7,9-11H,1-3,5-6,8H2/t11-/m1/s1. The number of hydrogen-bond donors (Lipinski definition) is 0. The first-order chi connectivity index (χ1) is 9.83. The van der Waals surface area contributed by atoms with E-state index < -0.39 is 0 Å². The summed E-state index contributed by atoms with van der Waals surface area (Å²) in [6.07, 6.45) is 9.12. The molecule has 2 aromatic rings. The molecule has 1 aliphatic heterocycles. The first-order valence-electron chi connectivity index (χ1n) is 6.79. The Morgan fingerprint density at radius 3 is 3.10 bits per heavy atom. The molecule has 3 heterocycles. The van der Waals surface area contributed by atoms with Gasteiger partial charge in [-0.1, -0.05) is 5.21 Å². The molecule has 1 fully saturated rings. The van der Waals surface area contributed by atoms with Gasteiger partial charge in [-0.3, -0.25) is 9.48 Å². The molecule has 0 unspecified atom stereocenters. The lowest BCUT2D eigenvalue weighted by atomic mass is 10.1. The minimum absolute atomic E-state index is 0.158. The van der Waals surface area contributed by atoms with Crippen LogP contribution in [0.4, 0.5) is 0 Å². The zero-order chi connectivity index (χ0) is 13.8. The van der Waals surface area contributed by atoms with Crippen molar-refractivity contribution in [2.45, 2.75) is 31.8 Å². The van der Waals surface area contributed by atoms with Crippen molar-refractivity contribution in [2.75, 3.05) is 13.1 Å². The Kier molecular flexibility index (Phi) is 3.71. The monoisotopic (exact) mass is 275 g/mol. The van der Waals surface area contributed by atoms with E-state index in [1.54, 1.807) is 23.4 Å². The molecule has 8 nitrogen and oxygen atoms in total. The molecule has 2 aromatic heterocycles. The fourth-order valence-electron chi connectivity index (χ4n) is 2.52. The van der Waals surface area contributed by atoms with Crippen LogP contribution in [0.15, 0.2) is 25.0 Å². The van der Waals surface area contributed by atoms with Crippen molar-refractivity contribution < 1.29 is 4.79 Å². The van der Waals surface area contributed by atoms with Crippen LogP contribution in [0.2, 0.25) is 0 Å². The predicted molar refractivity (Wildman–Crippen MR) is 69.5 cm³/mol. The van der Waals surface area contributed by atoms with Crippen molar-refractivity contribution in [3.05, 3.63) is 25.0 Å². The first-order valence-corrected chi connectivity index (χ1v) is 6.79. The van der Waals surface area contributed by atoms with Crippen molar-refractivity contribution in [1.82, 2.24) is 34.7 Å². The van der Waals surface area contributed by atoms with Gasteiger partial charge in [-0.25, -0.2) is 9.67 Å². The highest BCUT2D eigenvalue weighted by atomic mass is 16.2. The molecule has 0 spiro atoms. The summed E-state index contributed by atoms with van der Waals surface area (Å²) in [6, 6.07) is 0.238. The third-order valence-electron chi connectivity index (χ3n) is 3.59. The second kappa shape index (κ2) is 5.81. The van der Waals surface area contributed by atoms with Crippen LogP contribution >= 0.6 is 0 Å². The summed E-state index contributed by atoms with van der Waals surface area (Å²) < 4.78 is 3.52. The van der Waals surface area contributed by atoms with Crippen LogP contribution in [0.3, 0.4) is 0 Å². The Labute approximate surface area is 116 Å². The SMILES string of the molecule is O=C(CCn1ccnn1)N1CCC[C@@H](n2cncn2)C1. The van der Waals surface area contributed by atoms with Gasteiger partial charge in [0.05, 0.1) is 18.8 Å². The number of aryl methyl sites for hydroxylation is 1. The van der Waals surface area contributed by atoms with Gasteiger partial charge in [-0.15, -0.1) is 5.10 Å². The van der Waals surface area contributed by atoms with Crippen molar-refractivity contribution in [3.63, 3.8) is 0 Å². The minimum Gasteiger partial charge on any atom is -0.340 e. The predicted octanol–water partition coefficient (Wildman–Crippen LogP) is 0.123. The molecule has 8 heteroatoms. The number of amides is 1. The average Bonchev–Trinajstić information content (AvgIpc) is 3.18. The molecule has 0 saturated carbocycles. The van der Waals surface area contributed by atoms with E-state index in [1.165, 1.54) is 6.33 Å². The molecule has 0 radical (unpaired) electrons. The molecular formula is C12H17N7O. The van der Waals surface area contributed by atoms with Crippen LogP contribution in [0.25, 0.3) is 0 Å². The lowest BCUT2D eigenvalue weighted by molar-refractivity contribution is -0.133. The van der Waals surface area contributed by atoms with Crippen LogP contribution < -0.4 is 0 Å². The number of hydrogen-bond acceptors (Lipinski definition) is 5. The Bertz CT molecular complexity index is 536. The number of likely N-dealkylation sites (tertiary alicyclic amines) is 1. The molecule has 0 aromatic carbocycles. The molecular weight excluding hydrogens is 258 g/mol. The summed E-state index contributed by atoms with van der Waals surface area (Å²) in [6.45, 7) is 2.10. The average molecular weight is 275 g/mol. The molecule has 0 N–H and O–H groups in total. The smallest absolute Gasteiger partial charge is 0.224 e. The van der Waals surface area contributed by atoms with Crippen molar-refractivity contribution in [2.24, 2.45) is 0 Å². The Hall–Kier alpha value is -2.25. The summed E-state index contributed by atoms with van der Waals surface area (Å²) in [7, 11) is 0. The molecule has 106 valence electrons. The minimum atomic E-state index is 0.158. The van der Waals surface area contributed by atoms with Crippen molar-refractivity contribution in [1.29, 1.82) is 0 Å². The molecule has 1 atom stereocenters. The molecule has 0 aliphatic carbocycles. The van der Waals surface area contributed by atoms with Crippen LogP contribution in [0.1, 0.15) is 25.3 Å². The van der Waals surface area contributed by atoms with E-state index >= 15 is 0 Å².